The minimum absolute atomic E-state index is 0.235. The number of nitrogens with one attached hydrogen (secondary N) is 1. The van der Waals surface area contributed by atoms with Gasteiger partial charge in [0.25, 0.3) is 5.91 Å². The van der Waals surface area contributed by atoms with Crippen LogP contribution in [0.5, 0.6) is 0 Å². The number of carbonyl (C=O) groups excluding carboxylic acids is 2. The van der Waals surface area contributed by atoms with Crippen LogP contribution in [0.3, 0.4) is 0 Å². The average Bonchev–Trinajstić information content (AvgIpc) is 3.01. The van der Waals surface area contributed by atoms with Crippen molar-refractivity contribution in [2.45, 2.75) is 56.9 Å². The van der Waals surface area contributed by atoms with Gasteiger partial charge in [-0.25, -0.2) is 4.79 Å². The van der Waals surface area contributed by atoms with Crippen molar-refractivity contribution in [1.29, 1.82) is 0 Å². The summed E-state index contributed by atoms with van der Waals surface area (Å²) in [5, 5.41) is 7.86. The number of carbonyl (C=O) groups is 2. The quantitative estimate of drug-likeness (QED) is 0.688. The van der Waals surface area contributed by atoms with Crippen LogP contribution in [0.1, 0.15) is 62.9 Å². The molecule has 1 spiro atoms. The predicted molar refractivity (Wildman–Crippen MR) is 84.0 cm³/mol. The smallest absolute Gasteiger partial charge is 0.346 e. The van der Waals surface area contributed by atoms with E-state index in [0.717, 1.165) is 36.5 Å². The lowest BCUT2D eigenvalue weighted by molar-refractivity contribution is -0.132. The standard InChI is InChI=1S/C17H21N3O3/c1-11-9-13(11)14-6-5-12(23-14)10-18-20-15(21)17(19-16(20)22)7-3-2-4-8-17/h5-6,10-11,13H,2-4,7-9H2,1H3,(H,19,22)/b18-10-/t11-,13+/m1/s1. The first-order valence-electron chi connectivity index (χ1n) is 8.39. The molecule has 3 fully saturated rings. The maximum atomic E-state index is 12.6. The zero-order valence-electron chi connectivity index (χ0n) is 13.2. The molecule has 2 aliphatic carbocycles. The normalized spacial score (nSPS) is 29.5. The minimum Gasteiger partial charge on any atom is -0.460 e. The zero-order chi connectivity index (χ0) is 16.0. The third-order valence-electron chi connectivity index (χ3n) is 5.27. The number of nitrogens with zero attached hydrogens (tertiary/aromatic N) is 2. The van der Waals surface area contributed by atoms with Crippen LogP contribution in [0, 0.1) is 5.92 Å². The molecule has 4 rings (SSSR count). The van der Waals surface area contributed by atoms with Gasteiger partial charge in [0.15, 0.2) is 0 Å². The molecule has 1 aliphatic heterocycles. The Morgan fingerprint density at radius 3 is 2.74 bits per heavy atom. The van der Waals surface area contributed by atoms with Crippen molar-refractivity contribution in [2.24, 2.45) is 11.0 Å². The molecule has 0 radical (unpaired) electrons. The molecule has 6 nitrogen and oxygen atoms in total. The van der Waals surface area contributed by atoms with Crippen molar-refractivity contribution >= 4 is 18.2 Å². The highest BCUT2D eigenvalue weighted by Crippen LogP contribution is 2.47. The van der Waals surface area contributed by atoms with Gasteiger partial charge in [-0.3, -0.25) is 4.79 Å². The Morgan fingerprint density at radius 1 is 1.30 bits per heavy atom. The Hall–Kier alpha value is -2.11. The number of urea groups is 1. The number of hydrogen-bond donors (Lipinski definition) is 1. The van der Waals surface area contributed by atoms with Gasteiger partial charge in [0.1, 0.15) is 17.1 Å². The highest BCUT2D eigenvalue weighted by Gasteiger charge is 2.51. The van der Waals surface area contributed by atoms with E-state index in [1.807, 2.05) is 12.1 Å². The summed E-state index contributed by atoms with van der Waals surface area (Å²) < 4.78 is 5.73. The Labute approximate surface area is 134 Å². The molecule has 0 unspecified atom stereocenters. The van der Waals surface area contributed by atoms with Gasteiger partial charge >= 0.3 is 6.03 Å². The van der Waals surface area contributed by atoms with Gasteiger partial charge in [-0.2, -0.15) is 5.10 Å². The topological polar surface area (TPSA) is 74.9 Å². The van der Waals surface area contributed by atoms with E-state index in [9.17, 15) is 9.59 Å². The van der Waals surface area contributed by atoms with Gasteiger partial charge in [-0.15, -0.1) is 5.01 Å². The first kappa shape index (κ1) is 14.5. The predicted octanol–water partition coefficient (Wildman–Crippen LogP) is 2.99. The van der Waals surface area contributed by atoms with Gasteiger partial charge in [-0.05, 0) is 37.3 Å². The lowest BCUT2D eigenvalue weighted by Crippen LogP contribution is -2.48. The van der Waals surface area contributed by atoms with E-state index in [1.165, 1.54) is 6.21 Å². The second-order valence-electron chi connectivity index (χ2n) is 6.99. The number of hydrazone groups is 1. The molecule has 0 bridgehead atoms. The molecule has 23 heavy (non-hydrogen) atoms. The van der Waals surface area contributed by atoms with Crippen LogP contribution in [0.4, 0.5) is 4.79 Å². The van der Waals surface area contributed by atoms with E-state index in [4.69, 9.17) is 4.42 Å². The fraction of sp³-hybridized carbons (Fsp3) is 0.588. The number of imide groups is 1. The molecule has 1 aromatic rings. The van der Waals surface area contributed by atoms with Crippen molar-refractivity contribution in [3.63, 3.8) is 0 Å². The molecule has 2 saturated carbocycles. The van der Waals surface area contributed by atoms with E-state index in [1.54, 1.807) is 0 Å². The fourth-order valence-electron chi connectivity index (χ4n) is 3.68. The molecule has 3 amide bonds. The lowest BCUT2D eigenvalue weighted by atomic mass is 9.82. The molecule has 3 aliphatic rings. The average molecular weight is 315 g/mol. The van der Waals surface area contributed by atoms with E-state index >= 15 is 0 Å². The van der Waals surface area contributed by atoms with E-state index in [0.29, 0.717) is 30.4 Å². The highest BCUT2D eigenvalue weighted by atomic mass is 16.3. The second-order valence-corrected chi connectivity index (χ2v) is 6.99. The van der Waals surface area contributed by atoms with E-state index < -0.39 is 11.6 Å². The third-order valence-corrected chi connectivity index (χ3v) is 5.27. The molecule has 2 heterocycles. The Bertz CT molecular complexity index is 672. The number of amides is 3. The second kappa shape index (κ2) is 5.22. The van der Waals surface area contributed by atoms with Gasteiger partial charge < -0.3 is 9.73 Å². The Kier molecular flexibility index (Phi) is 3.28. The summed E-state index contributed by atoms with van der Waals surface area (Å²) in [6.45, 7) is 2.19. The summed E-state index contributed by atoms with van der Waals surface area (Å²) in [4.78, 5) is 24.7. The van der Waals surface area contributed by atoms with E-state index in [-0.39, 0.29) is 5.91 Å². The molecular weight excluding hydrogens is 294 g/mol. The van der Waals surface area contributed by atoms with Crippen molar-refractivity contribution in [1.82, 2.24) is 10.3 Å². The Balaban J connectivity index is 1.48. The summed E-state index contributed by atoms with van der Waals surface area (Å²) in [5.74, 6) is 2.47. The van der Waals surface area contributed by atoms with Crippen LogP contribution in [-0.2, 0) is 4.79 Å². The molecule has 122 valence electrons. The molecule has 6 heteroatoms. The molecule has 1 saturated heterocycles. The lowest BCUT2D eigenvalue weighted by Gasteiger charge is -2.29. The minimum atomic E-state index is -0.732. The zero-order valence-corrected chi connectivity index (χ0v) is 13.2. The third kappa shape index (κ3) is 2.46. The number of furan rings is 1. The summed E-state index contributed by atoms with van der Waals surface area (Å²) in [5.41, 5.74) is -0.732. The monoisotopic (exact) mass is 315 g/mol. The van der Waals surface area contributed by atoms with Crippen LogP contribution in [0.25, 0.3) is 0 Å². The maximum absolute atomic E-state index is 12.6. The van der Waals surface area contributed by atoms with Gasteiger partial charge in [0, 0.05) is 5.92 Å². The first-order chi connectivity index (χ1) is 11.1. The molecule has 1 N–H and O–H groups in total. The van der Waals surface area contributed by atoms with Gasteiger partial charge in [0.05, 0.1) is 6.21 Å². The van der Waals surface area contributed by atoms with Crippen molar-refractivity contribution < 1.29 is 14.0 Å². The molecule has 1 aromatic heterocycles. The van der Waals surface area contributed by atoms with Crippen LogP contribution in [0.2, 0.25) is 0 Å². The van der Waals surface area contributed by atoms with Gasteiger partial charge in [0.2, 0.25) is 0 Å². The molecule has 0 aromatic carbocycles. The van der Waals surface area contributed by atoms with Crippen LogP contribution in [0.15, 0.2) is 21.7 Å². The van der Waals surface area contributed by atoms with Crippen molar-refractivity contribution in [3.05, 3.63) is 23.7 Å². The SMILES string of the molecule is C[C@@H]1C[C@@H]1c1ccc(/C=N\N2C(=O)NC3(CCCCC3)C2=O)o1. The van der Waals surface area contributed by atoms with Crippen LogP contribution < -0.4 is 5.32 Å². The summed E-state index contributed by atoms with van der Waals surface area (Å²) >= 11 is 0. The van der Waals surface area contributed by atoms with Crippen LogP contribution in [-0.4, -0.2) is 28.7 Å². The molecule has 2 atom stereocenters. The van der Waals surface area contributed by atoms with Crippen molar-refractivity contribution in [2.75, 3.05) is 0 Å². The van der Waals surface area contributed by atoms with Crippen molar-refractivity contribution in [3.8, 4) is 0 Å². The van der Waals surface area contributed by atoms with Gasteiger partial charge in [-0.1, -0.05) is 26.2 Å². The first-order valence-corrected chi connectivity index (χ1v) is 8.39. The van der Waals surface area contributed by atoms with Crippen LogP contribution >= 0.6 is 0 Å². The van der Waals surface area contributed by atoms with E-state index in [2.05, 4.69) is 17.3 Å². The number of hydrogen-bond acceptors (Lipinski definition) is 4. The number of rotatable bonds is 3. The summed E-state index contributed by atoms with van der Waals surface area (Å²) in [7, 11) is 0. The maximum Gasteiger partial charge on any atom is 0.346 e. The largest absolute Gasteiger partial charge is 0.460 e. The highest BCUT2D eigenvalue weighted by molar-refractivity contribution is 6.07. The summed E-state index contributed by atoms with van der Waals surface area (Å²) in [6.07, 6.45) is 7.05. The Morgan fingerprint density at radius 2 is 2.04 bits per heavy atom. The fourth-order valence-corrected chi connectivity index (χ4v) is 3.68. The molecular formula is C17H21N3O3. The summed E-state index contributed by atoms with van der Waals surface area (Å²) in [6, 6.07) is 3.35.